The van der Waals surface area contributed by atoms with E-state index in [4.69, 9.17) is 0 Å². The zero-order chi connectivity index (χ0) is 15.5. The van der Waals surface area contributed by atoms with Crippen LogP contribution in [-0.4, -0.2) is 29.6 Å². The molecule has 1 unspecified atom stereocenters. The zero-order valence-electron chi connectivity index (χ0n) is 14.2. The third kappa shape index (κ3) is 4.08. The largest absolute Gasteiger partial charge is 0.388 e. The van der Waals surface area contributed by atoms with Gasteiger partial charge in [-0.25, -0.2) is 0 Å². The molecular formula is C19H31NO. The highest BCUT2D eigenvalue weighted by atomic mass is 16.3. The summed E-state index contributed by atoms with van der Waals surface area (Å²) in [6, 6.07) is 6.39. The molecule has 1 aliphatic rings. The average molecular weight is 289 g/mol. The lowest BCUT2D eigenvalue weighted by molar-refractivity contribution is 0.143. The SMILES string of the molecule is CCC1(CC)CCN(CCC(O)c2cc(C)cc(C)c2)C1. The molecule has 21 heavy (non-hydrogen) atoms. The lowest BCUT2D eigenvalue weighted by Gasteiger charge is -2.27. The van der Waals surface area contributed by atoms with Crippen molar-refractivity contribution in [3.8, 4) is 0 Å². The molecule has 0 saturated carbocycles. The van der Waals surface area contributed by atoms with Gasteiger partial charge in [-0.1, -0.05) is 43.2 Å². The quantitative estimate of drug-likeness (QED) is 0.846. The van der Waals surface area contributed by atoms with Crippen molar-refractivity contribution in [3.05, 3.63) is 34.9 Å². The molecule has 0 aromatic heterocycles. The Morgan fingerprint density at radius 3 is 2.29 bits per heavy atom. The van der Waals surface area contributed by atoms with Crippen molar-refractivity contribution in [1.82, 2.24) is 4.90 Å². The summed E-state index contributed by atoms with van der Waals surface area (Å²) in [6.07, 6.45) is 4.38. The second-order valence-electron chi connectivity index (χ2n) is 6.96. The molecule has 118 valence electrons. The van der Waals surface area contributed by atoms with Gasteiger partial charge in [0.15, 0.2) is 0 Å². The van der Waals surface area contributed by atoms with Gasteiger partial charge in [0.25, 0.3) is 0 Å². The number of likely N-dealkylation sites (tertiary alicyclic amines) is 1. The number of hydrogen-bond acceptors (Lipinski definition) is 2. The van der Waals surface area contributed by atoms with E-state index in [1.54, 1.807) is 0 Å². The van der Waals surface area contributed by atoms with Crippen molar-refractivity contribution < 1.29 is 5.11 Å². The maximum atomic E-state index is 10.4. The molecule has 0 radical (unpaired) electrons. The van der Waals surface area contributed by atoms with E-state index in [0.717, 1.165) is 18.5 Å². The Hall–Kier alpha value is -0.860. The molecule has 1 N–H and O–H groups in total. The van der Waals surface area contributed by atoms with Crippen molar-refractivity contribution >= 4 is 0 Å². The topological polar surface area (TPSA) is 23.5 Å². The van der Waals surface area contributed by atoms with Crippen LogP contribution in [0.3, 0.4) is 0 Å². The van der Waals surface area contributed by atoms with Crippen LogP contribution < -0.4 is 0 Å². The van der Waals surface area contributed by atoms with Gasteiger partial charge < -0.3 is 10.0 Å². The van der Waals surface area contributed by atoms with Gasteiger partial charge in [0.05, 0.1) is 6.10 Å². The van der Waals surface area contributed by atoms with E-state index in [1.165, 1.54) is 43.5 Å². The maximum Gasteiger partial charge on any atom is 0.0802 e. The number of aliphatic hydroxyl groups is 1. The molecular weight excluding hydrogens is 258 g/mol. The summed E-state index contributed by atoms with van der Waals surface area (Å²) < 4.78 is 0. The Bertz CT molecular complexity index is 444. The van der Waals surface area contributed by atoms with Crippen LogP contribution in [0, 0.1) is 19.3 Å². The lowest BCUT2D eigenvalue weighted by Crippen LogP contribution is -2.28. The molecule has 2 rings (SSSR count). The monoisotopic (exact) mass is 289 g/mol. The zero-order valence-corrected chi connectivity index (χ0v) is 14.2. The number of aliphatic hydroxyl groups excluding tert-OH is 1. The summed E-state index contributed by atoms with van der Waals surface area (Å²) in [6.45, 7) is 12.2. The van der Waals surface area contributed by atoms with E-state index in [1.807, 2.05) is 0 Å². The van der Waals surface area contributed by atoms with Crippen LogP contribution in [-0.2, 0) is 0 Å². The van der Waals surface area contributed by atoms with Gasteiger partial charge in [-0.15, -0.1) is 0 Å². The minimum absolute atomic E-state index is 0.332. The van der Waals surface area contributed by atoms with Crippen molar-refractivity contribution in [2.24, 2.45) is 5.41 Å². The molecule has 0 aliphatic carbocycles. The molecule has 1 aromatic carbocycles. The first-order valence-corrected chi connectivity index (χ1v) is 8.46. The van der Waals surface area contributed by atoms with Crippen molar-refractivity contribution in [2.45, 2.75) is 59.5 Å². The van der Waals surface area contributed by atoms with Gasteiger partial charge in [-0.2, -0.15) is 0 Å². The molecule has 1 fully saturated rings. The summed E-state index contributed by atoms with van der Waals surface area (Å²) >= 11 is 0. The number of rotatable bonds is 6. The molecule has 2 nitrogen and oxygen atoms in total. The third-order valence-corrected chi connectivity index (χ3v) is 5.36. The normalized spacial score (nSPS) is 19.9. The molecule has 0 spiro atoms. The Morgan fingerprint density at radius 1 is 1.14 bits per heavy atom. The van der Waals surface area contributed by atoms with Gasteiger partial charge in [0, 0.05) is 13.1 Å². The first-order chi connectivity index (χ1) is 9.98. The highest BCUT2D eigenvalue weighted by molar-refractivity contribution is 5.29. The fraction of sp³-hybridized carbons (Fsp3) is 0.684. The predicted molar refractivity (Wildman–Crippen MR) is 89.6 cm³/mol. The third-order valence-electron chi connectivity index (χ3n) is 5.36. The van der Waals surface area contributed by atoms with Gasteiger partial charge >= 0.3 is 0 Å². The van der Waals surface area contributed by atoms with Crippen molar-refractivity contribution in [1.29, 1.82) is 0 Å². The van der Waals surface area contributed by atoms with Gasteiger partial charge in [-0.3, -0.25) is 0 Å². The predicted octanol–water partition coefficient (Wildman–Crippen LogP) is 4.24. The van der Waals surface area contributed by atoms with Crippen LogP contribution in [0.2, 0.25) is 0 Å². The smallest absolute Gasteiger partial charge is 0.0802 e. The second kappa shape index (κ2) is 6.93. The maximum absolute atomic E-state index is 10.4. The Kier molecular flexibility index (Phi) is 5.45. The van der Waals surface area contributed by atoms with E-state index in [0.29, 0.717) is 5.41 Å². The van der Waals surface area contributed by atoms with E-state index in [2.05, 4.69) is 50.8 Å². The Morgan fingerprint density at radius 2 is 1.76 bits per heavy atom. The molecule has 0 bridgehead atoms. The number of hydrogen-bond donors (Lipinski definition) is 1. The van der Waals surface area contributed by atoms with Crippen molar-refractivity contribution in [2.75, 3.05) is 19.6 Å². The molecule has 0 amide bonds. The number of aryl methyl sites for hydroxylation is 2. The Balaban J connectivity index is 1.89. The summed E-state index contributed by atoms with van der Waals surface area (Å²) in [4.78, 5) is 2.54. The summed E-state index contributed by atoms with van der Waals surface area (Å²) in [7, 11) is 0. The Labute approximate surface area is 130 Å². The fourth-order valence-corrected chi connectivity index (χ4v) is 3.72. The number of benzene rings is 1. The van der Waals surface area contributed by atoms with Gasteiger partial charge in [0.2, 0.25) is 0 Å². The van der Waals surface area contributed by atoms with Crippen LogP contribution >= 0.6 is 0 Å². The van der Waals surface area contributed by atoms with E-state index >= 15 is 0 Å². The molecule has 1 heterocycles. The second-order valence-corrected chi connectivity index (χ2v) is 6.96. The highest BCUT2D eigenvalue weighted by Gasteiger charge is 2.34. The van der Waals surface area contributed by atoms with E-state index in [-0.39, 0.29) is 6.10 Å². The van der Waals surface area contributed by atoms with Crippen LogP contribution in [0.15, 0.2) is 18.2 Å². The molecule has 1 aromatic rings. The van der Waals surface area contributed by atoms with Crippen LogP contribution in [0.25, 0.3) is 0 Å². The summed E-state index contributed by atoms with van der Waals surface area (Å²) in [5, 5.41) is 10.4. The fourth-order valence-electron chi connectivity index (χ4n) is 3.72. The van der Waals surface area contributed by atoms with Crippen LogP contribution in [0.1, 0.15) is 62.3 Å². The first-order valence-electron chi connectivity index (χ1n) is 8.46. The lowest BCUT2D eigenvalue weighted by atomic mass is 9.82. The highest BCUT2D eigenvalue weighted by Crippen LogP contribution is 2.37. The summed E-state index contributed by atoms with van der Waals surface area (Å²) in [5.41, 5.74) is 4.08. The first kappa shape index (κ1) is 16.5. The number of nitrogens with zero attached hydrogens (tertiary/aromatic N) is 1. The summed E-state index contributed by atoms with van der Waals surface area (Å²) in [5.74, 6) is 0. The molecule has 1 saturated heterocycles. The standard InChI is InChI=1S/C19H31NO/c1-5-19(6-2)8-10-20(14-19)9-7-18(21)17-12-15(3)11-16(4)13-17/h11-13,18,21H,5-10,14H2,1-4H3. The molecule has 2 heteroatoms. The van der Waals surface area contributed by atoms with Gasteiger partial charge in [0.1, 0.15) is 0 Å². The van der Waals surface area contributed by atoms with E-state index in [9.17, 15) is 5.11 Å². The van der Waals surface area contributed by atoms with Crippen LogP contribution in [0.5, 0.6) is 0 Å². The minimum Gasteiger partial charge on any atom is -0.388 e. The molecule has 1 aliphatic heterocycles. The molecule has 1 atom stereocenters. The van der Waals surface area contributed by atoms with Crippen molar-refractivity contribution in [3.63, 3.8) is 0 Å². The minimum atomic E-state index is -0.332. The van der Waals surface area contributed by atoms with Gasteiger partial charge in [-0.05, 0) is 57.1 Å². The average Bonchev–Trinajstić information content (AvgIpc) is 2.88. The van der Waals surface area contributed by atoms with E-state index < -0.39 is 0 Å². The van der Waals surface area contributed by atoms with Crippen LogP contribution in [0.4, 0.5) is 0 Å².